The van der Waals surface area contributed by atoms with E-state index in [2.05, 4.69) is 0 Å². The van der Waals surface area contributed by atoms with Gasteiger partial charge in [-0.05, 0) is 10.8 Å². The Labute approximate surface area is 46.8 Å². The highest BCUT2D eigenvalue weighted by Gasteiger charge is 1.83. The molecule has 0 amide bonds. The average Bonchev–Trinajstić information content (AvgIpc) is 2.12. The summed E-state index contributed by atoms with van der Waals surface area (Å²) in [6.45, 7) is 0. The van der Waals surface area contributed by atoms with Crippen LogP contribution < -0.4 is 0 Å². The molecular formula is C4H5OPS. The van der Waals surface area contributed by atoms with Crippen molar-refractivity contribution in [3.63, 3.8) is 0 Å². The first-order valence-electron chi connectivity index (χ1n) is 2.28. The molecule has 0 N–H and O–H groups in total. The fraction of sp³-hybridized carbons (Fsp3) is 0. The Morgan fingerprint density at radius 2 is 2.14 bits per heavy atom. The van der Waals surface area contributed by atoms with Crippen molar-refractivity contribution in [2.45, 2.75) is 0 Å². The average molecular weight is 133 g/mol. The van der Waals surface area contributed by atoms with E-state index in [9.17, 15) is 4.57 Å². The van der Waals surface area contributed by atoms with Crippen LogP contribution in [0.5, 0.6) is 0 Å². The zero-order chi connectivity index (χ0) is 5.98. The fourth-order valence-electron chi connectivity index (χ4n) is 0.347. The molecule has 1 rings (SSSR count). The van der Waals surface area contributed by atoms with Crippen LogP contribution in [0.25, 0.3) is 0 Å². The summed E-state index contributed by atoms with van der Waals surface area (Å²) in [6, 6.07) is 0. The molecule has 38 valence electrons. The largest absolute Gasteiger partial charge is 0.279 e. The fourth-order valence-corrected chi connectivity index (χ4v) is 1.76. The minimum atomic E-state index is -1.75. The lowest BCUT2D eigenvalue weighted by atomic mass is 10.6. The van der Waals surface area contributed by atoms with Gasteiger partial charge in [0.15, 0.2) is 0 Å². The number of rotatable bonds is 0. The van der Waals surface area contributed by atoms with Crippen LogP contribution in [0.2, 0.25) is 0 Å². The van der Waals surface area contributed by atoms with E-state index in [-0.39, 0.29) is 10.1 Å². The summed E-state index contributed by atoms with van der Waals surface area (Å²) in [7, 11) is -2.11. The van der Waals surface area contributed by atoms with E-state index in [1.54, 1.807) is 10.8 Å². The van der Waals surface area contributed by atoms with Crippen molar-refractivity contribution >= 4 is 17.3 Å². The molecule has 0 aromatic rings. The minimum absolute atomic E-state index is 0.364. The maximum atomic E-state index is 10.4. The van der Waals surface area contributed by atoms with Crippen LogP contribution in [0.4, 0.5) is 0 Å². The second-order valence-electron chi connectivity index (χ2n) is 1.08. The van der Waals surface area contributed by atoms with Crippen molar-refractivity contribution < 1.29 is 4.57 Å². The standard InChI is InChI=1S/C4H5OPS/c5-6-7-3-1-2-4-7/h1-4,6H/i6D. The summed E-state index contributed by atoms with van der Waals surface area (Å²) in [5.74, 6) is 0. The summed E-state index contributed by atoms with van der Waals surface area (Å²) in [5, 5.41) is 3.59. The molecule has 0 aromatic carbocycles. The maximum Gasteiger partial charge on any atom is 0.140 e. The smallest absolute Gasteiger partial charge is 0.140 e. The quantitative estimate of drug-likeness (QED) is 0.458. The van der Waals surface area contributed by atoms with E-state index in [4.69, 9.17) is 1.28 Å². The molecule has 1 aliphatic heterocycles. The van der Waals surface area contributed by atoms with Crippen LogP contribution in [0, 0.1) is 0 Å². The van der Waals surface area contributed by atoms with E-state index in [0.29, 0.717) is 0 Å². The first kappa shape index (κ1) is 3.88. The molecule has 0 aliphatic carbocycles. The zero-order valence-corrected chi connectivity index (χ0v) is 5.28. The van der Waals surface area contributed by atoms with Gasteiger partial charge in [0.05, 0.1) is 0 Å². The molecule has 0 saturated heterocycles. The predicted octanol–water partition coefficient (Wildman–Crippen LogP) is 1.58. The van der Waals surface area contributed by atoms with Gasteiger partial charge in [-0.25, -0.2) is 0 Å². The SMILES string of the molecule is [2H]P(=O)=S1C=CC=C1. The highest BCUT2D eigenvalue weighted by molar-refractivity contribution is 8.21. The van der Waals surface area contributed by atoms with E-state index >= 15 is 0 Å². The Morgan fingerprint density at radius 3 is 2.43 bits per heavy atom. The molecule has 1 nitrogen and oxygen atoms in total. The Morgan fingerprint density at radius 1 is 1.57 bits per heavy atom. The van der Waals surface area contributed by atoms with Crippen molar-refractivity contribution in [3.05, 3.63) is 23.0 Å². The Balaban J connectivity index is 3.08. The monoisotopic (exact) mass is 133 g/mol. The number of hydrogen-bond donors (Lipinski definition) is 0. The second-order valence-corrected chi connectivity index (χ2v) is 4.18. The van der Waals surface area contributed by atoms with Crippen LogP contribution in [0.15, 0.2) is 23.0 Å². The van der Waals surface area contributed by atoms with Gasteiger partial charge in [0.25, 0.3) is 0 Å². The van der Waals surface area contributed by atoms with Crippen LogP contribution in [0.1, 0.15) is 0 Å². The summed E-state index contributed by atoms with van der Waals surface area (Å²) in [4.78, 5) is 0. The molecular weight excluding hydrogens is 127 g/mol. The molecule has 0 saturated carbocycles. The minimum Gasteiger partial charge on any atom is -0.279 e. The Bertz CT molecular complexity index is 210. The molecule has 0 aromatic heterocycles. The van der Waals surface area contributed by atoms with Gasteiger partial charge >= 0.3 is 0 Å². The van der Waals surface area contributed by atoms with E-state index in [0.717, 1.165) is 0 Å². The first-order valence-corrected chi connectivity index (χ1v) is 4.61. The molecule has 0 fully saturated rings. The van der Waals surface area contributed by atoms with Gasteiger partial charge in [-0.3, -0.25) is 4.57 Å². The van der Waals surface area contributed by atoms with Gasteiger partial charge < -0.3 is 0 Å². The van der Waals surface area contributed by atoms with Crippen molar-refractivity contribution in [1.29, 1.82) is 1.28 Å². The van der Waals surface area contributed by atoms with Gasteiger partial charge in [-0.2, -0.15) is 0 Å². The van der Waals surface area contributed by atoms with Gasteiger partial charge in [0.2, 0.25) is 0 Å². The van der Waals surface area contributed by atoms with Crippen LogP contribution in [0.3, 0.4) is 0 Å². The van der Waals surface area contributed by atoms with Gasteiger partial charge in [-0.1, -0.05) is 22.2 Å². The molecule has 7 heavy (non-hydrogen) atoms. The van der Waals surface area contributed by atoms with Gasteiger partial charge in [-0.15, -0.1) is 0 Å². The van der Waals surface area contributed by atoms with Crippen molar-refractivity contribution in [2.24, 2.45) is 0 Å². The molecule has 0 radical (unpaired) electrons. The molecule has 1 unspecified atom stereocenters. The second kappa shape index (κ2) is 2.29. The highest BCUT2D eigenvalue weighted by atomic mass is 32.5. The Hall–Kier alpha value is -0.0700. The van der Waals surface area contributed by atoms with Crippen LogP contribution in [-0.2, 0) is 14.6 Å². The summed E-state index contributed by atoms with van der Waals surface area (Å²) >= 11 is 0. The Kier molecular flexibility index (Phi) is 1.27. The molecule has 0 bridgehead atoms. The van der Waals surface area contributed by atoms with Crippen LogP contribution >= 0.6 is 7.18 Å². The zero-order valence-electron chi connectivity index (χ0n) is 4.57. The first-order chi connectivity index (χ1) is 3.80. The third-order valence-corrected chi connectivity index (χ3v) is 2.92. The number of allylic oxidation sites excluding steroid dienone is 2. The molecule has 1 atom stereocenters. The molecule has 1 heterocycles. The van der Waals surface area contributed by atoms with Gasteiger partial charge in [0.1, 0.15) is 8.46 Å². The third kappa shape index (κ3) is 1.15. The van der Waals surface area contributed by atoms with E-state index in [1.807, 2.05) is 12.2 Å². The van der Waals surface area contributed by atoms with Crippen molar-refractivity contribution in [1.82, 2.24) is 0 Å². The lowest BCUT2D eigenvalue weighted by molar-refractivity contribution is 0.606. The number of hydrogen-bond acceptors (Lipinski definition) is 1. The highest BCUT2D eigenvalue weighted by Crippen LogP contribution is 2.04. The van der Waals surface area contributed by atoms with Crippen LogP contribution in [-0.4, -0.2) is 1.28 Å². The van der Waals surface area contributed by atoms with E-state index < -0.39 is 7.18 Å². The summed E-state index contributed by atoms with van der Waals surface area (Å²) in [5.41, 5.74) is 0. The lowest BCUT2D eigenvalue weighted by Crippen LogP contribution is -1.55. The molecule has 0 spiro atoms. The molecule has 1 aliphatic rings. The third-order valence-electron chi connectivity index (χ3n) is 0.633. The summed E-state index contributed by atoms with van der Waals surface area (Å²) in [6.07, 6.45) is 3.65. The van der Waals surface area contributed by atoms with Gasteiger partial charge in [0, 0.05) is 0 Å². The maximum absolute atomic E-state index is 10.4. The topological polar surface area (TPSA) is 17.1 Å². The normalized spacial score (nSPS) is 22.9. The summed E-state index contributed by atoms with van der Waals surface area (Å²) < 4.78 is 17.2. The van der Waals surface area contributed by atoms with Crippen molar-refractivity contribution in [2.75, 3.05) is 0 Å². The lowest BCUT2D eigenvalue weighted by Gasteiger charge is -1.73. The van der Waals surface area contributed by atoms with Crippen molar-refractivity contribution in [3.8, 4) is 0 Å². The van der Waals surface area contributed by atoms with E-state index in [1.165, 1.54) is 0 Å². The molecule has 3 heteroatoms. The predicted molar refractivity (Wildman–Crippen MR) is 34.6 cm³/mol.